The van der Waals surface area contributed by atoms with E-state index in [1.165, 1.54) is 5.56 Å². The molecule has 0 radical (unpaired) electrons. The molecule has 0 amide bonds. The fourth-order valence-corrected chi connectivity index (χ4v) is 1.63. The van der Waals surface area contributed by atoms with Gasteiger partial charge in [0.15, 0.2) is 0 Å². The van der Waals surface area contributed by atoms with Crippen LogP contribution in [0.2, 0.25) is 0 Å². The van der Waals surface area contributed by atoms with Gasteiger partial charge in [-0.25, -0.2) is 0 Å². The summed E-state index contributed by atoms with van der Waals surface area (Å²) in [6.45, 7) is 3.82. The summed E-state index contributed by atoms with van der Waals surface area (Å²) in [5, 5.41) is 3.46. The minimum absolute atomic E-state index is 0.347. The zero-order valence-corrected chi connectivity index (χ0v) is 8.16. The molecular weight excluding hydrogens is 164 g/mol. The maximum atomic E-state index is 5.58. The lowest BCUT2D eigenvalue weighted by molar-refractivity contribution is 0.0149. The highest BCUT2D eigenvalue weighted by Crippen LogP contribution is 2.17. The Morgan fingerprint density at radius 1 is 1.62 bits per heavy atom. The van der Waals surface area contributed by atoms with Crippen molar-refractivity contribution in [3.8, 4) is 0 Å². The van der Waals surface area contributed by atoms with Crippen molar-refractivity contribution in [2.45, 2.75) is 19.1 Å². The summed E-state index contributed by atoms with van der Waals surface area (Å²) < 4.78 is 7.65. The maximum absolute atomic E-state index is 5.58. The summed E-state index contributed by atoms with van der Waals surface area (Å²) in [7, 11) is 2.04. The summed E-state index contributed by atoms with van der Waals surface area (Å²) in [6.07, 6.45) is 4.55. The second-order valence-electron chi connectivity index (χ2n) is 3.72. The first kappa shape index (κ1) is 8.78. The summed E-state index contributed by atoms with van der Waals surface area (Å²) >= 11 is 0. The Bertz CT molecular complexity index is 274. The number of ether oxygens (including phenoxy) is 1. The molecule has 0 saturated carbocycles. The topological polar surface area (TPSA) is 26.2 Å². The van der Waals surface area contributed by atoms with Gasteiger partial charge in [-0.15, -0.1) is 0 Å². The first-order valence-electron chi connectivity index (χ1n) is 4.72. The summed E-state index contributed by atoms with van der Waals surface area (Å²) in [4.78, 5) is 0. The van der Waals surface area contributed by atoms with Crippen LogP contribution in [0.1, 0.15) is 18.5 Å². The highest BCUT2D eigenvalue weighted by molar-refractivity contribution is 5.15. The molecule has 1 aliphatic rings. The Morgan fingerprint density at radius 2 is 2.46 bits per heavy atom. The minimum Gasteiger partial charge on any atom is -0.375 e. The first-order valence-corrected chi connectivity index (χ1v) is 4.72. The molecule has 1 aromatic heterocycles. The van der Waals surface area contributed by atoms with Crippen LogP contribution in [0, 0.1) is 0 Å². The third kappa shape index (κ3) is 1.92. The normalized spacial score (nSPS) is 29.1. The summed E-state index contributed by atoms with van der Waals surface area (Å²) in [6, 6.07) is 2.51. The van der Waals surface area contributed by atoms with E-state index in [4.69, 9.17) is 4.74 Å². The predicted octanol–water partition coefficient (Wildman–Crippen LogP) is 1.07. The van der Waals surface area contributed by atoms with Gasteiger partial charge in [-0.1, -0.05) is 0 Å². The molecule has 3 nitrogen and oxygen atoms in total. The Balaban J connectivity index is 2.02. The van der Waals surface area contributed by atoms with Crippen molar-refractivity contribution in [1.29, 1.82) is 0 Å². The van der Waals surface area contributed by atoms with Gasteiger partial charge in [-0.2, -0.15) is 0 Å². The Morgan fingerprint density at radius 3 is 3.00 bits per heavy atom. The average Bonchev–Trinajstić information content (AvgIpc) is 2.53. The Kier molecular flexibility index (Phi) is 2.38. The van der Waals surface area contributed by atoms with Gasteiger partial charge in [-0.05, 0) is 18.6 Å². The van der Waals surface area contributed by atoms with Crippen LogP contribution in [0.5, 0.6) is 0 Å². The van der Waals surface area contributed by atoms with E-state index in [1.54, 1.807) is 0 Å². The SMILES string of the molecule is CC1CNC(c2ccn(C)c2)CO1. The highest BCUT2D eigenvalue weighted by Gasteiger charge is 2.19. The molecule has 1 saturated heterocycles. The maximum Gasteiger partial charge on any atom is 0.0672 e. The second kappa shape index (κ2) is 3.52. The average molecular weight is 180 g/mol. The molecule has 0 aliphatic carbocycles. The molecule has 2 atom stereocenters. The molecule has 0 aromatic carbocycles. The van der Waals surface area contributed by atoms with Gasteiger partial charge in [-0.3, -0.25) is 0 Å². The van der Waals surface area contributed by atoms with E-state index < -0.39 is 0 Å². The van der Waals surface area contributed by atoms with Crippen LogP contribution in [0.3, 0.4) is 0 Å². The van der Waals surface area contributed by atoms with Gasteiger partial charge in [0, 0.05) is 26.0 Å². The van der Waals surface area contributed by atoms with E-state index in [0.29, 0.717) is 12.1 Å². The third-order valence-corrected chi connectivity index (χ3v) is 2.46. The van der Waals surface area contributed by atoms with Crippen LogP contribution in [0.4, 0.5) is 0 Å². The quantitative estimate of drug-likeness (QED) is 0.699. The zero-order valence-electron chi connectivity index (χ0n) is 8.16. The van der Waals surface area contributed by atoms with E-state index in [0.717, 1.165) is 13.2 Å². The molecule has 2 unspecified atom stereocenters. The van der Waals surface area contributed by atoms with Crippen molar-refractivity contribution >= 4 is 0 Å². The van der Waals surface area contributed by atoms with E-state index in [1.807, 2.05) is 7.05 Å². The Labute approximate surface area is 78.7 Å². The molecule has 1 fully saturated rings. The van der Waals surface area contributed by atoms with Crippen LogP contribution in [-0.2, 0) is 11.8 Å². The number of hydrogen-bond acceptors (Lipinski definition) is 2. The standard InChI is InChI=1S/C10H16N2O/c1-8-5-11-10(7-13-8)9-3-4-12(2)6-9/h3-4,6,8,10-11H,5,7H2,1-2H3. The highest BCUT2D eigenvalue weighted by atomic mass is 16.5. The number of rotatable bonds is 1. The van der Waals surface area contributed by atoms with Gasteiger partial charge < -0.3 is 14.6 Å². The van der Waals surface area contributed by atoms with Gasteiger partial charge in [0.1, 0.15) is 0 Å². The molecule has 0 bridgehead atoms. The number of nitrogens with one attached hydrogen (secondary N) is 1. The van der Waals surface area contributed by atoms with Crippen LogP contribution in [0.15, 0.2) is 18.5 Å². The lowest BCUT2D eigenvalue weighted by Gasteiger charge is -2.27. The van der Waals surface area contributed by atoms with Gasteiger partial charge >= 0.3 is 0 Å². The smallest absolute Gasteiger partial charge is 0.0672 e. The molecule has 1 N–H and O–H groups in total. The number of morpholine rings is 1. The number of nitrogens with zero attached hydrogens (tertiary/aromatic N) is 1. The van der Waals surface area contributed by atoms with Crippen LogP contribution >= 0.6 is 0 Å². The summed E-state index contributed by atoms with van der Waals surface area (Å²) in [5.74, 6) is 0. The molecule has 1 aromatic rings. The zero-order chi connectivity index (χ0) is 9.26. The molecule has 72 valence electrons. The largest absolute Gasteiger partial charge is 0.375 e. The molecule has 13 heavy (non-hydrogen) atoms. The van der Waals surface area contributed by atoms with Crippen molar-refractivity contribution < 1.29 is 4.74 Å². The van der Waals surface area contributed by atoms with E-state index in [9.17, 15) is 0 Å². The number of hydrogen-bond donors (Lipinski definition) is 1. The van der Waals surface area contributed by atoms with E-state index in [2.05, 4.69) is 35.3 Å². The molecule has 2 heterocycles. The fraction of sp³-hybridized carbons (Fsp3) is 0.600. The lowest BCUT2D eigenvalue weighted by Crippen LogP contribution is -2.39. The van der Waals surface area contributed by atoms with Crippen LogP contribution < -0.4 is 5.32 Å². The molecule has 1 aliphatic heterocycles. The number of aromatic nitrogens is 1. The minimum atomic E-state index is 0.347. The monoisotopic (exact) mass is 180 g/mol. The van der Waals surface area contributed by atoms with Crippen molar-refractivity contribution in [2.75, 3.05) is 13.2 Å². The van der Waals surface area contributed by atoms with Crippen molar-refractivity contribution in [3.05, 3.63) is 24.0 Å². The second-order valence-corrected chi connectivity index (χ2v) is 3.72. The number of aryl methyl sites for hydroxylation is 1. The molecule has 3 heteroatoms. The third-order valence-electron chi connectivity index (χ3n) is 2.46. The van der Waals surface area contributed by atoms with E-state index in [-0.39, 0.29) is 0 Å². The Hall–Kier alpha value is -0.800. The fourth-order valence-electron chi connectivity index (χ4n) is 1.63. The van der Waals surface area contributed by atoms with Crippen LogP contribution in [0.25, 0.3) is 0 Å². The molecule has 0 spiro atoms. The van der Waals surface area contributed by atoms with Gasteiger partial charge in [0.05, 0.1) is 18.8 Å². The lowest BCUT2D eigenvalue weighted by atomic mass is 10.1. The van der Waals surface area contributed by atoms with Gasteiger partial charge in [0.25, 0.3) is 0 Å². The predicted molar refractivity (Wildman–Crippen MR) is 51.6 cm³/mol. The van der Waals surface area contributed by atoms with E-state index >= 15 is 0 Å². The first-order chi connectivity index (χ1) is 6.25. The van der Waals surface area contributed by atoms with Crippen molar-refractivity contribution in [3.63, 3.8) is 0 Å². The van der Waals surface area contributed by atoms with Crippen molar-refractivity contribution in [2.24, 2.45) is 7.05 Å². The van der Waals surface area contributed by atoms with Crippen molar-refractivity contribution in [1.82, 2.24) is 9.88 Å². The summed E-state index contributed by atoms with van der Waals surface area (Å²) in [5.41, 5.74) is 1.31. The van der Waals surface area contributed by atoms with Gasteiger partial charge in [0.2, 0.25) is 0 Å². The van der Waals surface area contributed by atoms with Crippen LogP contribution in [-0.4, -0.2) is 23.8 Å². The molecule has 2 rings (SSSR count). The molecular formula is C10H16N2O.